The largest absolute Gasteiger partial charge is 0.355 e. The molecule has 1 aliphatic heterocycles. The van der Waals surface area contributed by atoms with E-state index < -0.39 is 5.95 Å². The lowest BCUT2D eigenvalue weighted by molar-refractivity contribution is 0.581. The van der Waals surface area contributed by atoms with E-state index in [1.54, 1.807) is 6.07 Å². The summed E-state index contributed by atoms with van der Waals surface area (Å²) in [4.78, 5) is 12.9. The quantitative estimate of drug-likeness (QED) is 0.815. The molecule has 0 aliphatic carbocycles. The zero-order chi connectivity index (χ0) is 14.7. The van der Waals surface area contributed by atoms with Gasteiger partial charge < -0.3 is 9.80 Å². The standard InChI is InChI=1S/C14H18FN5S/c1-2-12-17-14(21-18-12)20-8-4-7-19(9-10-20)13-6-3-5-11(15)16-13/h3,5-6H,2,4,7-10H2,1H3. The van der Waals surface area contributed by atoms with E-state index in [1.165, 1.54) is 17.6 Å². The highest BCUT2D eigenvalue weighted by atomic mass is 32.1. The van der Waals surface area contributed by atoms with Gasteiger partial charge in [-0.1, -0.05) is 13.0 Å². The highest BCUT2D eigenvalue weighted by molar-refractivity contribution is 7.09. The second kappa shape index (κ2) is 6.34. The number of hydrogen-bond acceptors (Lipinski definition) is 6. The van der Waals surface area contributed by atoms with Crippen molar-refractivity contribution in [3.63, 3.8) is 0 Å². The average Bonchev–Trinajstić information content (AvgIpc) is 2.84. The minimum Gasteiger partial charge on any atom is -0.355 e. The van der Waals surface area contributed by atoms with E-state index in [4.69, 9.17) is 0 Å². The van der Waals surface area contributed by atoms with E-state index in [0.29, 0.717) is 5.82 Å². The maximum absolute atomic E-state index is 13.2. The van der Waals surface area contributed by atoms with Crippen LogP contribution in [0, 0.1) is 5.95 Å². The lowest BCUT2D eigenvalue weighted by Gasteiger charge is -2.22. The summed E-state index contributed by atoms with van der Waals surface area (Å²) in [6, 6.07) is 4.94. The van der Waals surface area contributed by atoms with Crippen molar-refractivity contribution in [2.75, 3.05) is 36.0 Å². The van der Waals surface area contributed by atoms with Crippen LogP contribution in [0.3, 0.4) is 0 Å². The summed E-state index contributed by atoms with van der Waals surface area (Å²) in [5, 5.41) is 0.987. The van der Waals surface area contributed by atoms with Crippen LogP contribution in [0.2, 0.25) is 0 Å². The highest BCUT2D eigenvalue weighted by Gasteiger charge is 2.19. The molecule has 0 bridgehead atoms. The lowest BCUT2D eigenvalue weighted by Crippen LogP contribution is -2.31. The minimum absolute atomic E-state index is 0.426. The summed E-state index contributed by atoms with van der Waals surface area (Å²) in [7, 11) is 0. The maximum atomic E-state index is 13.2. The first-order valence-corrected chi connectivity index (χ1v) is 7.98. The first-order chi connectivity index (χ1) is 10.3. The number of anilines is 2. The molecule has 0 radical (unpaired) electrons. The number of halogens is 1. The molecule has 3 rings (SSSR count). The van der Waals surface area contributed by atoms with Gasteiger partial charge in [0.05, 0.1) is 0 Å². The molecule has 0 unspecified atom stereocenters. The molecule has 2 aromatic rings. The van der Waals surface area contributed by atoms with Crippen molar-refractivity contribution in [1.29, 1.82) is 0 Å². The van der Waals surface area contributed by atoms with E-state index in [9.17, 15) is 4.39 Å². The summed E-state index contributed by atoms with van der Waals surface area (Å²) in [6.45, 7) is 5.57. The highest BCUT2D eigenvalue weighted by Crippen LogP contribution is 2.21. The zero-order valence-electron chi connectivity index (χ0n) is 12.0. The van der Waals surface area contributed by atoms with Crippen LogP contribution < -0.4 is 9.80 Å². The second-order valence-corrected chi connectivity index (χ2v) is 5.72. The van der Waals surface area contributed by atoms with Crippen LogP contribution in [0.4, 0.5) is 15.3 Å². The summed E-state index contributed by atoms with van der Waals surface area (Å²) >= 11 is 1.46. The van der Waals surface area contributed by atoms with Crippen molar-refractivity contribution >= 4 is 22.5 Å². The Balaban J connectivity index is 1.69. The van der Waals surface area contributed by atoms with Gasteiger partial charge in [-0.25, -0.2) is 9.97 Å². The number of aryl methyl sites for hydroxylation is 1. The number of pyridine rings is 1. The normalized spacial score (nSPS) is 16.1. The van der Waals surface area contributed by atoms with Gasteiger partial charge in [0.15, 0.2) is 0 Å². The van der Waals surface area contributed by atoms with Crippen LogP contribution >= 0.6 is 11.5 Å². The number of aromatic nitrogens is 3. The molecule has 5 nitrogen and oxygen atoms in total. The average molecular weight is 307 g/mol. The molecule has 1 aliphatic rings. The van der Waals surface area contributed by atoms with Gasteiger partial charge in [-0.05, 0) is 18.6 Å². The molecule has 2 aromatic heterocycles. The third-order valence-corrected chi connectivity index (χ3v) is 4.38. The van der Waals surface area contributed by atoms with Crippen molar-refractivity contribution < 1.29 is 4.39 Å². The number of hydrogen-bond donors (Lipinski definition) is 0. The molecule has 0 spiro atoms. The van der Waals surface area contributed by atoms with Crippen LogP contribution in [-0.4, -0.2) is 40.5 Å². The van der Waals surface area contributed by atoms with Gasteiger partial charge in [0, 0.05) is 44.1 Å². The molecule has 0 N–H and O–H groups in total. The molecule has 0 atom stereocenters. The summed E-state index contributed by atoms with van der Waals surface area (Å²) in [6.07, 6.45) is 1.86. The lowest BCUT2D eigenvalue weighted by atomic mass is 10.3. The van der Waals surface area contributed by atoms with E-state index in [0.717, 1.165) is 50.0 Å². The number of nitrogens with zero attached hydrogens (tertiary/aromatic N) is 5. The third-order valence-electron chi connectivity index (χ3n) is 3.56. The summed E-state index contributed by atoms with van der Waals surface area (Å²) in [5.74, 6) is 1.19. The molecule has 0 aromatic carbocycles. The van der Waals surface area contributed by atoms with Crippen LogP contribution in [0.15, 0.2) is 18.2 Å². The van der Waals surface area contributed by atoms with E-state index >= 15 is 0 Å². The Bertz CT molecular complexity index is 603. The molecule has 21 heavy (non-hydrogen) atoms. The van der Waals surface area contributed by atoms with Gasteiger partial charge >= 0.3 is 0 Å². The SMILES string of the molecule is CCc1nsc(N2CCCN(c3cccc(F)n3)CC2)n1. The van der Waals surface area contributed by atoms with Crippen LogP contribution in [-0.2, 0) is 6.42 Å². The Hall–Kier alpha value is -1.76. The molecule has 112 valence electrons. The molecular formula is C14H18FN5S. The van der Waals surface area contributed by atoms with Crippen molar-refractivity contribution in [2.45, 2.75) is 19.8 Å². The third kappa shape index (κ3) is 3.29. The Kier molecular flexibility index (Phi) is 4.28. The van der Waals surface area contributed by atoms with Crippen molar-refractivity contribution in [1.82, 2.24) is 14.3 Å². The maximum Gasteiger partial charge on any atom is 0.214 e. The summed E-state index contributed by atoms with van der Waals surface area (Å²) < 4.78 is 17.6. The zero-order valence-corrected chi connectivity index (χ0v) is 12.8. The molecule has 7 heteroatoms. The fraction of sp³-hybridized carbons (Fsp3) is 0.500. The first kappa shape index (κ1) is 14.2. The van der Waals surface area contributed by atoms with Crippen LogP contribution in [0.1, 0.15) is 19.2 Å². The van der Waals surface area contributed by atoms with E-state index in [-0.39, 0.29) is 0 Å². The molecule has 1 fully saturated rings. The smallest absolute Gasteiger partial charge is 0.214 e. The predicted molar refractivity (Wildman–Crippen MR) is 82.5 cm³/mol. The van der Waals surface area contributed by atoms with E-state index in [2.05, 4.69) is 31.1 Å². The molecule has 0 amide bonds. The molecular weight excluding hydrogens is 289 g/mol. The topological polar surface area (TPSA) is 45.2 Å². The van der Waals surface area contributed by atoms with Gasteiger partial charge in [-0.15, -0.1) is 0 Å². The van der Waals surface area contributed by atoms with Gasteiger partial charge in [0.1, 0.15) is 11.6 Å². The molecule has 0 saturated carbocycles. The minimum atomic E-state index is -0.426. The van der Waals surface area contributed by atoms with Gasteiger partial charge in [0.25, 0.3) is 0 Å². The Morgan fingerprint density at radius 3 is 2.71 bits per heavy atom. The molecule has 1 saturated heterocycles. The first-order valence-electron chi connectivity index (χ1n) is 7.21. The van der Waals surface area contributed by atoms with E-state index in [1.807, 2.05) is 6.07 Å². The van der Waals surface area contributed by atoms with Crippen molar-refractivity contribution in [3.05, 3.63) is 30.0 Å². The Labute approximate surface area is 127 Å². The Morgan fingerprint density at radius 1 is 1.14 bits per heavy atom. The van der Waals surface area contributed by atoms with Gasteiger partial charge in [-0.2, -0.15) is 8.76 Å². The second-order valence-electron chi connectivity index (χ2n) is 4.99. The van der Waals surface area contributed by atoms with Gasteiger partial charge in [-0.3, -0.25) is 0 Å². The fourth-order valence-corrected chi connectivity index (χ4v) is 3.23. The van der Waals surface area contributed by atoms with Crippen molar-refractivity contribution in [3.8, 4) is 0 Å². The van der Waals surface area contributed by atoms with Crippen LogP contribution in [0.5, 0.6) is 0 Å². The van der Waals surface area contributed by atoms with Crippen molar-refractivity contribution in [2.24, 2.45) is 0 Å². The summed E-state index contributed by atoms with van der Waals surface area (Å²) in [5.41, 5.74) is 0. The monoisotopic (exact) mass is 307 g/mol. The fourth-order valence-electron chi connectivity index (χ4n) is 2.43. The Morgan fingerprint density at radius 2 is 1.95 bits per heavy atom. The number of rotatable bonds is 3. The van der Waals surface area contributed by atoms with Gasteiger partial charge in [0.2, 0.25) is 11.1 Å². The molecule has 3 heterocycles. The van der Waals surface area contributed by atoms with Crippen LogP contribution in [0.25, 0.3) is 0 Å². The predicted octanol–water partition coefficient (Wildman–Crippen LogP) is 2.35.